The van der Waals surface area contributed by atoms with Gasteiger partial charge >= 0.3 is 0 Å². The lowest BCUT2D eigenvalue weighted by Gasteiger charge is -2.17. The van der Waals surface area contributed by atoms with E-state index < -0.39 is 0 Å². The summed E-state index contributed by atoms with van der Waals surface area (Å²) in [7, 11) is 1.74. The van der Waals surface area contributed by atoms with Crippen molar-refractivity contribution in [3.63, 3.8) is 0 Å². The summed E-state index contributed by atoms with van der Waals surface area (Å²) in [4.78, 5) is 1.43. The maximum Gasteiger partial charge on any atom is 0.0587 e. The SMILES string of the molecule is COCCNCC(Cc1ccccc1)Cc1sccc1Br. The van der Waals surface area contributed by atoms with Crippen molar-refractivity contribution in [3.8, 4) is 0 Å². The highest BCUT2D eigenvalue weighted by molar-refractivity contribution is 9.10. The Morgan fingerprint density at radius 2 is 2.00 bits per heavy atom. The second-order valence-corrected chi connectivity index (χ2v) is 7.00. The van der Waals surface area contributed by atoms with Crippen molar-refractivity contribution in [2.75, 3.05) is 26.8 Å². The van der Waals surface area contributed by atoms with E-state index in [4.69, 9.17) is 4.74 Å². The van der Waals surface area contributed by atoms with Gasteiger partial charge in [-0.25, -0.2) is 0 Å². The first-order valence-electron chi connectivity index (χ1n) is 7.25. The minimum atomic E-state index is 0.596. The standard InChI is InChI=1S/C17H22BrNOS/c1-20-9-8-19-13-15(11-14-5-3-2-4-6-14)12-17-16(18)7-10-21-17/h2-7,10,15,19H,8-9,11-13H2,1H3. The molecule has 2 nitrogen and oxygen atoms in total. The summed E-state index contributed by atoms with van der Waals surface area (Å²) in [5, 5.41) is 5.65. The van der Waals surface area contributed by atoms with Gasteiger partial charge in [0.05, 0.1) is 6.61 Å². The van der Waals surface area contributed by atoms with Gasteiger partial charge in [-0.3, -0.25) is 0 Å². The minimum Gasteiger partial charge on any atom is -0.383 e. The number of ether oxygens (including phenoxy) is 1. The molecule has 0 bridgehead atoms. The second-order valence-electron chi connectivity index (χ2n) is 5.15. The van der Waals surface area contributed by atoms with Gasteiger partial charge in [0.1, 0.15) is 0 Å². The Kier molecular flexibility index (Phi) is 7.44. The predicted octanol–water partition coefficient (Wildman–Crippen LogP) is 4.15. The van der Waals surface area contributed by atoms with Crippen molar-refractivity contribution in [2.45, 2.75) is 12.8 Å². The van der Waals surface area contributed by atoms with E-state index in [1.54, 1.807) is 7.11 Å². The predicted molar refractivity (Wildman–Crippen MR) is 94.1 cm³/mol. The minimum absolute atomic E-state index is 0.596. The summed E-state index contributed by atoms with van der Waals surface area (Å²) in [6.07, 6.45) is 2.21. The zero-order chi connectivity index (χ0) is 14.9. The third kappa shape index (κ3) is 5.91. The Morgan fingerprint density at radius 1 is 1.19 bits per heavy atom. The van der Waals surface area contributed by atoms with Crippen molar-refractivity contribution < 1.29 is 4.74 Å². The van der Waals surface area contributed by atoms with Gasteiger partial charge in [-0.15, -0.1) is 11.3 Å². The van der Waals surface area contributed by atoms with Crippen LogP contribution in [0.2, 0.25) is 0 Å². The molecule has 0 saturated carbocycles. The molecule has 1 unspecified atom stereocenters. The molecule has 0 amide bonds. The largest absolute Gasteiger partial charge is 0.383 e. The molecule has 2 rings (SSSR count). The number of nitrogens with one attached hydrogen (secondary N) is 1. The summed E-state index contributed by atoms with van der Waals surface area (Å²) in [5.74, 6) is 0.596. The van der Waals surface area contributed by atoms with E-state index in [0.717, 1.165) is 32.5 Å². The maximum absolute atomic E-state index is 5.10. The fourth-order valence-electron chi connectivity index (χ4n) is 2.38. The van der Waals surface area contributed by atoms with E-state index in [0.29, 0.717) is 5.92 Å². The average Bonchev–Trinajstić information content (AvgIpc) is 2.90. The Hall–Kier alpha value is -0.680. The zero-order valence-electron chi connectivity index (χ0n) is 12.3. The number of methoxy groups -OCH3 is 1. The average molecular weight is 368 g/mol. The monoisotopic (exact) mass is 367 g/mol. The Morgan fingerprint density at radius 3 is 2.67 bits per heavy atom. The lowest BCUT2D eigenvalue weighted by molar-refractivity contribution is 0.197. The summed E-state index contributed by atoms with van der Waals surface area (Å²) in [6.45, 7) is 2.69. The number of benzene rings is 1. The van der Waals surface area contributed by atoms with E-state index in [9.17, 15) is 0 Å². The van der Waals surface area contributed by atoms with Gasteiger partial charge in [-0.05, 0) is 58.2 Å². The Bertz CT molecular complexity index is 515. The van der Waals surface area contributed by atoms with Crippen molar-refractivity contribution in [2.24, 2.45) is 5.92 Å². The van der Waals surface area contributed by atoms with Gasteiger partial charge in [0.25, 0.3) is 0 Å². The van der Waals surface area contributed by atoms with Crippen LogP contribution in [0.4, 0.5) is 0 Å². The maximum atomic E-state index is 5.10. The molecule has 0 saturated heterocycles. The van der Waals surface area contributed by atoms with Crippen LogP contribution in [-0.4, -0.2) is 26.8 Å². The smallest absolute Gasteiger partial charge is 0.0587 e. The third-order valence-electron chi connectivity index (χ3n) is 3.45. The summed E-state index contributed by atoms with van der Waals surface area (Å²) >= 11 is 5.48. The van der Waals surface area contributed by atoms with Crippen LogP contribution < -0.4 is 5.32 Å². The highest BCUT2D eigenvalue weighted by Crippen LogP contribution is 2.26. The fourth-order valence-corrected chi connectivity index (χ4v) is 4.01. The van der Waals surface area contributed by atoms with Gasteiger partial charge in [0, 0.05) is 23.0 Å². The second kappa shape index (κ2) is 9.36. The van der Waals surface area contributed by atoms with Crippen LogP contribution in [0.3, 0.4) is 0 Å². The summed E-state index contributed by atoms with van der Waals surface area (Å²) in [6, 6.07) is 12.9. The molecule has 1 N–H and O–H groups in total. The van der Waals surface area contributed by atoms with Crippen molar-refractivity contribution in [1.82, 2.24) is 5.32 Å². The molecule has 4 heteroatoms. The number of rotatable bonds is 9. The van der Waals surface area contributed by atoms with E-state index in [1.165, 1.54) is 14.9 Å². The van der Waals surface area contributed by atoms with Crippen molar-refractivity contribution in [3.05, 3.63) is 56.7 Å². The lowest BCUT2D eigenvalue weighted by Crippen LogP contribution is -2.28. The molecule has 0 radical (unpaired) electrons. The van der Waals surface area contributed by atoms with Crippen LogP contribution in [-0.2, 0) is 17.6 Å². The molecule has 1 heterocycles. The third-order valence-corrected chi connectivity index (χ3v) is 5.40. The molecular weight excluding hydrogens is 346 g/mol. The molecular formula is C17H22BrNOS. The summed E-state index contributed by atoms with van der Waals surface area (Å²) in [5.41, 5.74) is 1.41. The highest BCUT2D eigenvalue weighted by atomic mass is 79.9. The molecule has 1 aromatic carbocycles. The molecule has 1 aromatic heterocycles. The number of hydrogen-bond donors (Lipinski definition) is 1. The molecule has 2 aromatic rings. The molecule has 0 aliphatic rings. The first kappa shape index (κ1) is 16.7. The first-order valence-corrected chi connectivity index (χ1v) is 8.92. The molecule has 1 atom stereocenters. The van der Waals surface area contributed by atoms with Gasteiger partial charge in [0.2, 0.25) is 0 Å². The quantitative estimate of drug-likeness (QED) is 0.672. The van der Waals surface area contributed by atoms with Crippen molar-refractivity contribution >= 4 is 27.3 Å². The molecule has 21 heavy (non-hydrogen) atoms. The van der Waals surface area contributed by atoms with Gasteiger partial charge in [-0.1, -0.05) is 30.3 Å². The number of halogens is 1. The fraction of sp³-hybridized carbons (Fsp3) is 0.412. The summed E-state index contributed by atoms with van der Waals surface area (Å²) < 4.78 is 6.34. The van der Waals surface area contributed by atoms with Crippen molar-refractivity contribution in [1.29, 1.82) is 0 Å². The molecule has 0 aliphatic heterocycles. The van der Waals surface area contributed by atoms with Gasteiger partial charge < -0.3 is 10.1 Å². The van der Waals surface area contributed by atoms with Crippen LogP contribution >= 0.6 is 27.3 Å². The molecule has 114 valence electrons. The van der Waals surface area contributed by atoms with Crippen LogP contribution in [0.5, 0.6) is 0 Å². The normalized spacial score (nSPS) is 12.5. The van der Waals surface area contributed by atoms with Crippen LogP contribution in [0.15, 0.2) is 46.3 Å². The van der Waals surface area contributed by atoms with E-state index in [-0.39, 0.29) is 0 Å². The first-order chi connectivity index (χ1) is 10.3. The topological polar surface area (TPSA) is 21.3 Å². The molecule has 0 fully saturated rings. The van der Waals surface area contributed by atoms with E-state index in [1.807, 2.05) is 11.3 Å². The highest BCUT2D eigenvalue weighted by Gasteiger charge is 2.13. The zero-order valence-corrected chi connectivity index (χ0v) is 14.8. The molecule has 0 aliphatic carbocycles. The van der Waals surface area contributed by atoms with Gasteiger partial charge in [0.15, 0.2) is 0 Å². The molecule has 0 spiro atoms. The van der Waals surface area contributed by atoms with Gasteiger partial charge in [-0.2, -0.15) is 0 Å². The number of thiophene rings is 1. The lowest BCUT2D eigenvalue weighted by atomic mass is 9.95. The Balaban J connectivity index is 1.94. The van der Waals surface area contributed by atoms with Crippen LogP contribution in [0.1, 0.15) is 10.4 Å². The number of hydrogen-bond acceptors (Lipinski definition) is 3. The van der Waals surface area contributed by atoms with E-state index >= 15 is 0 Å². The van der Waals surface area contributed by atoms with Crippen LogP contribution in [0, 0.1) is 5.92 Å². The van der Waals surface area contributed by atoms with Crippen LogP contribution in [0.25, 0.3) is 0 Å². The van der Waals surface area contributed by atoms with E-state index in [2.05, 4.69) is 63.0 Å². The Labute approximate surface area is 139 Å².